The summed E-state index contributed by atoms with van der Waals surface area (Å²) in [6.45, 7) is 7.12. The van der Waals surface area contributed by atoms with Gasteiger partial charge in [-0.1, -0.05) is 51.5 Å². The molecule has 222 valence electrons. The van der Waals surface area contributed by atoms with Crippen molar-refractivity contribution in [2.45, 2.75) is 70.3 Å². The number of hydrogen-bond donors (Lipinski definition) is 4. The van der Waals surface area contributed by atoms with E-state index >= 15 is 0 Å². The normalized spacial score (nSPS) is 24.9. The smallest absolute Gasteiger partial charge is 0.203 e. The van der Waals surface area contributed by atoms with E-state index in [0.29, 0.717) is 52.1 Å². The van der Waals surface area contributed by atoms with Crippen molar-refractivity contribution in [1.82, 2.24) is 9.13 Å². The van der Waals surface area contributed by atoms with Crippen molar-refractivity contribution in [3.05, 3.63) is 88.5 Å². The Morgan fingerprint density at radius 3 is 1.72 bits per heavy atom. The van der Waals surface area contributed by atoms with Gasteiger partial charge in [-0.05, 0) is 84.4 Å². The molecule has 2 fully saturated rings. The monoisotopic (exact) mass is 578 g/mol. The first-order valence-electron chi connectivity index (χ1n) is 15.5. The van der Waals surface area contributed by atoms with Crippen LogP contribution in [0.2, 0.25) is 0 Å². The minimum atomic E-state index is -0.465. The third kappa shape index (κ3) is 3.86. The maximum atomic E-state index is 11.5. The number of allylic oxidation sites excluding steroid dienone is 2. The Balaban J connectivity index is 1.09. The second-order valence-corrected chi connectivity index (χ2v) is 14.0. The Morgan fingerprint density at radius 1 is 0.698 bits per heavy atom. The third-order valence-electron chi connectivity index (χ3n) is 10.6. The SMILES string of the molecule is CC(C)(C)c1ccc(Oc2ccc(-n3c(O)c4c(c3O)C3C=CC4c4c3c(O)n(CC3CC5CCC3C5)c4O)cc2)cc1. The topological polar surface area (TPSA) is 100 Å². The molecule has 7 heteroatoms. The second-order valence-electron chi connectivity index (χ2n) is 14.0. The first-order valence-corrected chi connectivity index (χ1v) is 15.5. The van der Waals surface area contributed by atoms with Crippen LogP contribution in [-0.4, -0.2) is 29.6 Å². The highest BCUT2D eigenvalue weighted by Gasteiger charge is 2.47. The van der Waals surface area contributed by atoms with Crippen molar-refractivity contribution in [3.63, 3.8) is 0 Å². The van der Waals surface area contributed by atoms with Crippen LogP contribution in [0.25, 0.3) is 5.69 Å². The van der Waals surface area contributed by atoms with Gasteiger partial charge in [-0.3, -0.25) is 9.13 Å². The van der Waals surface area contributed by atoms with Gasteiger partial charge in [-0.25, -0.2) is 0 Å². The highest BCUT2D eigenvalue weighted by atomic mass is 16.5. The Bertz CT molecular complexity index is 1710. The zero-order chi connectivity index (χ0) is 29.8. The van der Waals surface area contributed by atoms with Gasteiger partial charge in [0.2, 0.25) is 11.8 Å². The molecule has 5 unspecified atom stereocenters. The lowest BCUT2D eigenvalue weighted by molar-refractivity contribution is 0.264. The molecule has 2 aromatic heterocycles. The minimum Gasteiger partial charge on any atom is -0.494 e. The molecule has 0 radical (unpaired) electrons. The van der Waals surface area contributed by atoms with Gasteiger partial charge >= 0.3 is 0 Å². The number of nitrogens with zero attached hydrogens (tertiary/aromatic N) is 2. The summed E-state index contributed by atoms with van der Waals surface area (Å²) >= 11 is 0. The van der Waals surface area contributed by atoms with Crippen molar-refractivity contribution >= 4 is 0 Å². The molecule has 5 aliphatic rings. The molecule has 7 nitrogen and oxygen atoms in total. The van der Waals surface area contributed by atoms with E-state index in [0.717, 1.165) is 18.1 Å². The summed E-state index contributed by atoms with van der Waals surface area (Å²) in [5.74, 6) is 2.35. The molecule has 0 amide bonds. The summed E-state index contributed by atoms with van der Waals surface area (Å²) in [5, 5.41) is 45.9. The van der Waals surface area contributed by atoms with E-state index in [1.54, 1.807) is 16.7 Å². The zero-order valence-corrected chi connectivity index (χ0v) is 24.8. The number of benzene rings is 2. The Morgan fingerprint density at radius 2 is 1.23 bits per heavy atom. The van der Waals surface area contributed by atoms with Crippen LogP contribution < -0.4 is 4.74 Å². The average Bonchev–Trinajstić information content (AvgIpc) is 3.74. The van der Waals surface area contributed by atoms with Gasteiger partial charge in [-0.2, -0.15) is 0 Å². The molecule has 4 bridgehead atoms. The largest absolute Gasteiger partial charge is 0.494 e. The van der Waals surface area contributed by atoms with E-state index in [4.69, 9.17) is 4.74 Å². The zero-order valence-electron chi connectivity index (χ0n) is 24.8. The first-order chi connectivity index (χ1) is 20.6. The van der Waals surface area contributed by atoms with Crippen LogP contribution in [-0.2, 0) is 12.0 Å². The number of ether oxygens (including phenoxy) is 1. The van der Waals surface area contributed by atoms with E-state index in [1.165, 1.54) is 29.4 Å². The maximum absolute atomic E-state index is 11.5. The maximum Gasteiger partial charge on any atom is 0.203 e. The molecule has 0 aliphatic heterocycles. The summed E-state index contributed by atoms with van der Waals surface area (Å²) in [6.07, 6.45) is 8.86. The summed E-state index contributed by atoms with van der Waals surface area (Å²) < 4.78 is 9.16. The molecule has 5 atom stereocenters. The van der Waals surface area contributed by atoms with Crippen molar-refractivity contribution in [3.8, 4) is 40.7 Å². The minimum absolute atomic E-state index is 0.0624. The Hall–Kier alpha value is -4.26. The molecule has 2 aromatic carbocycles. The quantitative estimate of drug-likeness (QED) is 0.181. The van der Waals surface area contributed by atoms with E-state index in [-0.39, 0.29) is 28.9 Å². The molecular formula is C36H38N2O5. The molecule has 0 spiro atoms. The van der Waals surface area contributed by atoms with Crippen LogP contribution >= 0.6 is 0 Å². The molecule has 5 aliphatic carbocycles. The fraction of sp³-hybridized carbons (Fsp3) is 0.389. The van der Waals surface area contributed by atoms with Gasteiger partial charge in [0.1, 0.15) is 11.5 Å². The first kappa shape index (κ1) is 26.4. The lowest BCUT2D eigenvalue weighted by Crippen LogP contribution is -2.17. The van der Waals surface area contributed by atoms with Crippen molar-refractivity contribution in [2.75, 3.05) is 0 Å². The Labute approximate surface area is 251 Å². The second kappa shape index (κ2) is 9.12. The molecule has 0 saturated heterocycles. The molecule has 2 saturated carbocycles. The summed E-state index contributed by atoms with van der Waals surface area (Å²) in [6, 6.07) is 15.3. The van der Waals surface area contributed by atoms with Crippen LogP contribution in [0, 0.1) is 17.8 Å². The Kier molecular flexibility index (Phi) is 5.59. The fourth-order valence-electron chi connectivity index (χ4n) is 8.41. The van der Waals surface area contributed by atoms with Gasteiger partial charge in [0, 0.05) is 40.6 Å². The van der Waals surface area contributed by atoms with Gasteiger partial charge in [0.25, 0.3) is 0 Å². The fourth-order valence-corrected chi connectivity index (χ4v) is 8.41. The van der Waals surface area contributed by atoms with Gasteiger partial charge in [0.05, 0.1) is 5.69 Å². The lowest BCUT2D eigenvalue weighted by Gasteiger charge is -2.31. The predicted molar refractivity (Wildman–Crippen MR) is 164 cm³/mol. The number of rotatable bonds is 5. The van der Waals surface area contributed by atoms with Crippen LogP contribution in [0.1, 0.15) is 86.1 Å². The number of hydrogen-bond acceptors (Lipinski definition) is 5. The highest BCUT2D eigenvalue weighted by Crippen LogP contribution is 2.61. The van der Waals surface area contributed by atoms with Crippen molar-refractivity contribution in [2.24, 2.45) is 17.8 Å². The summed E-state index contributed by atoms with van der Waals surface area (Å²) in [4.78, 5) is 0. The van der Waals surface area contributed by atoms with Crippen LogP contribution in [0.15, 0.2) is 60.7 Å². The number of aromatic nitrogens is 2. The van der Waals surface area contributed by atoms with Crippen LogP contribution in [0.5, 0.6) is 35.0 Å². The van der Waals surface area contributed by atoms with Crippen molar-refractivity contribution in [1.29, 1.82) is 0 Å². The van der Waals surface area contributed by atoms with Crippen molar-refractivity contribution < 1.29 is 25.2 Å². The molecule has 4 N–H and O–H groups in total. The molecule has 9 rings (SSSR count). The van der Waals surface area contributed by atoms with E-state index < -0.39 is 11.8 Å². The summed E-state index contributed by atoms with van der Waals surface area (Å²) in [5.41, 5.74) is 4.29. The van der Waals surface area contributed by atoms with E-state index in [1.807, 2.05) is 36.4 Å². The standard InChI is InChI=1S/C36H38N2O5/c1-36(2,3)22-6-10-24(11-7-22)43-25-12-8-23(9-13-25)38-34(41)30-26-14-15-27(31(30)35(38)42)29-28(26)32(39)37(33(29)40)18-21-17-19-4-5-20(21)16-19/h6-15,19-21,26-27,39-42H,4-5,16-18H2,1-3H3. The molecular weight excluding hydrogens is 540 g/mol. The van der Waals surface area contributed by atoms with Gasteiger partial charge < -0.3 is 25.2 Å². The van der Waals surface area contributed by atoms with Gasteiger partial charge in [0.15, 0.2) is 11.8 Å². The molecule has 43 heavy (non-hydrogen) atoms. The molecule has 4 aromatic rings. The predicted octanol–water partition coefficient (Wildman–Crippen LogP) is 7.77. The van der Waals surface area contributed by atoms with Crippen LogP contribution in [0.4, 0.5) is 0 Å². The number of fused-ring (bicyclic) bond motifs is 2. The number of aromatic hydroxyl groups is 4. The summed E-state index contributed by atoms with van der Waals surface area (Å²) in [7, 11) is 0. The average molecular weight is 579 g/mol. The highest BCUT2D eigenvalue weighted by molar-refractivity contribution is 5.72. The molecule has 2 heterocycles. The third-order valence-corrected chi connectivity index (χ3v) is 10.6. The van der Waals surface area contributed by atoms with E-state index in [2.05, 4.69) is 32.9 Å². The van der Waals surface area contributed by atoms with Crippen LogP contribution in [0.3, 0.4) is 0 Å². The lowest BCUT2D eigenvalue weighted by atomic mass is 9.70. The van der Waals surface area contributed by atoms with E-state index in [9.17, 15) is 20.4 Å². The van der Waals surface area contributed by atoms with Gasteiger partial charge in [-0.15, -0.1) is 0 Å².